The second kappa shape index (κ2) is 6.36. The van der Waals surface area contributed by atoms with Gasteiger partial charge in [-0.15, -0.1) is 10.2 Å². The van der Waals surface area contributed by atoms with Crippen LogP contribution in [0.4, 0.5) is 14.5 Å². The van der Waals surface area contributed by atoms with Crippen molar-refractivity contribution in [3.05, 3.63) is 78.2 Å². The van der Waals surface area contributed by atoms with E-state index < -0.39 is 17.5 Å². The number of anilines is 1. The molecule has 0 saturated carbocycles. The summed E-state index contributed by atoms with van der Waals surface area (Å²) in [6, 6.07) is 13.4. The zero-order valence-corrected chi connectivity index (χ0v) is 13.2. The summed E-state index contributed by atoms with van der Waals surface area (Å²) in [6.45, 7) is 0. The van der Waals surface area contributed by atoms with E-state index in [-0.39, 0.29) is 17.1 Å². The Hall–Kier alpha value is -3.61. The molecule has 4 aromatic rings. The molecule has 0 atom stereocenters. The molecule has 128 valence electrons. The first-order chi connectivity index (χ1) is 12.6. The van der Waals surface area contributed by atoms with Crippen LogP contribution in [0.5, 0.6) is 0 Å². The van der Waals surface area contributed by atoms with Gasteiger partial charge in [0, 0.05) is 16.6 Å². The molecule has 0 fully saturated rings. The SMILES string of the molecule is O=C(Nc1ccc(-c2nnco2)c(F)c1)c1ccc(F)c2ccccc12. The van der Waals surface area contributed by atoms with Gasteiger partial charge in [0.2, 0.25) is 12.3 Å². The highest BCUT2D eigenvalue weighted by molar-refractivity contribution is 6.13. The van der Waals surface area contributed by atoms with E-state index in [2.05, 4.69) is 15.5 Å². The number of rotatable bonds is 3. The smallest absolute Gasteiger partial charge is 0.256 e. The molecule has 0 spiro atoms. The summed E-state index contributed by atoms with van der Waals surface area (Å²) in [4.78, 5) is 12.6. The highest BCUT2D eigenvalue weighted by Gasteiger charge is 2.15. The third kappa shape index (κ3) is 2.79. The van der Waals surface area contributed by atoms with Crippen molar-refractivity contribution in [2.24, 2.45) is 0 Å². The fourth-order valence-electron chi connectivity index (χ4n) is 2.72. The van der Waals surface area contributed by atoms with Crippen molar-refractivity contribution in [2.45, 2.75) is 0 Å². The average Bonchev–Trinajstić information content (AvgIpc) is 3.16. The standard InChI is InChI=1S/C19H11F2N3O2/c20-16-8-7-14(12-3-1-2-4-13(12)16)18(25)23-11-5-6-15(17(21)9-11)19-24-22-10-26-19/h1-10H,(H,23,25). The summed E-state index contributed by atoms with van der Waals surface area (Å²) in [7, 11) is 0. The molecule has 5 nitrogen and oxygen atoms in total. The molecule has 26 heavy (non-hydrogen) atoms. The van der Waals surface area contributed by atoms with Crippen LogP contribution in [-0.2, 0) is 0 Å². The minimum atomic E-state index is -0.615. The normalized spacial score (nSPS) is 10.8. The van der Waals surface area contributed by atoms with E-state index in [9.17, 15) is 13.6 Å². The predicted molar refractivity (Wildman–Crippen MR) is 91.6 cm³/mol. The summed E-state index contributed by atoms with van der Waals surface area (Å²) in [5.41, 5.74) is 0.681. The molecule has 0 aliphatic rings. The van der Waals surface area contributed by atoms with Gasteiger partial charge in [-0.2, -0.15) is 0 Å². The number of halogens is 2. The van der Waals surface area contributed by atoms with Gasteiger partial charge >= 0.3 is 0 Å². The molecule has 0 saturated heterocycles. The third-order valence-corrected chi connectivity index (χ3v) is 3.93. The van der Waals surface area contributed by atoms with E-state index in [1.807, 2.05) is 0 Å². The number of fused-ring (bicyclic) bond motifs is 1. The van der Waals surface area contributed by atoms with Crippen LogP contribution in [0.15, 0.2) is 65.4 Å². The zero-order valence-electron chi connectivity index (χ0n) is 13.2. The Morgan fingerprint density at radius 1 is 0.962 bits per heavy atom. The maximum Gasteiger partial charge on any atom is 0.256 e. The van der Waals surface area contributed by atoms with Gasteiger partial charge in [0.25, 0.3) is 5.91 Å². The maximum atomic E-state index is 14.2. The number of benzene rings is 3. The van der Waals surface area contributed by atoms with Crippen LogP contribution in [0.2, 0.25) is 0 Å². The Morgan fingerprint density at radius 3 is 2.50 bits per heavy atom. The average molecular weight is 351 g/mol. The molecule has 3 aromatic carbocycles. The van der Waals surface area contributed by atoms with Crippen molar-refractivity contribution in [1.82, 2.24) is 10.2 Å². The molecule has 0 aliphatic heterocycles. The van der Waals surface area contributed by atoms with E-state index in [1.54, 1.807) is 24.3 Å². The van der Waals surface area contributed by atoms with Crippen molar-refractivity contribution in [3.63, 3.8) is 0 Å². The molecule has 0 radical (unpaired) electrons. The predicted octanol–water partition coefficient (Wildman–Crippen LogP) is 4.42. The Balaban J connectivity index is 1.65. The highest BCUT2D eigenvalue weighted by Crippen LogP contribution is 2.25. The van der Waals surface area contributed by atoms with Gasteiger partial charge in [0.15, 0.2) is 0 Å². The largest absolute Gasteiger partial charge is 0.423 e. The van der Waals surface area contributed by atoms with Crippen LogP contribution >= 0.6 is 0 Å². The van der Waals surface area contributed by atoms with Gasteiger partial charge in [0.05, 0.1) is 5.56 Å². The molecule has 1 aromatic heterocycles. The van der Waals surface area contributed by atoms with Crippen LogP contribution in [0.3, 0.4) is 0 Å². The van der Waals surface area contributed by atoms with Crippen LogP contribution in [0.1, 0.15) is 10.4 Å². The lowest BCUT2D eigenvalue weighted by atomic mass is 10.0. The Morgan fingerprint density at radius 2 is 1.77 bits per heavy atom. The lowest BCUT2D eigenvalue weighted by Gasteiger charge is -2.09. The molecule has 0 bridgehead atoms. The summed E-state index contributed by atoms with van der Waals surface area (Å²) in [5.74, 6) is -1.45. The summed E-state index contributed by atoms with van der Waals surface area (Å²) >= 11 is 0. The molecule has 4 rings (SSSR count). The molecule has 0 unspecified atom stereocenters. The van der Waals surface area contributed by atoms with Crippen LogP contribution in [0, 0.1) is 11.6 Å². The molecule has 1 heterocycles. The minimum Gasteiger partial charge on any atom is -0.423 e. The number of carbonyl (C=O) groups excluding carboxylic acids is 1. The number of hydrogen-bond donors (Lipinski definition) is 1. The summed E-state index contributed by atoms with van der Waals surface area (Å²) < 4.78 is 33.1. The molecular weight excluding hydrogens is 340 g/mol. The fraction of sp³-hybridized carbons (Fsp3) is 0. The number of aromatic nitrogens is 2. The second-order valence-electron chi connectivity index (χ2n) is 5.53. The minimum absolute atomic E-state index is 0.0462. The first-order valence-electron chi connectivity index (χ1n) is 7.68. The van der Waals surface area contributed by atoms with Crippen molar-refractivity contribution < 1.29 is 18.0 Å². The first-order valence-corrected chi connectivity index (χ1v) is 7.68. The quantitative estimate of drug-likeness (QED) is 0.593. The van der Waals surface area contributed by atoms with E-state index in [4.69, 9.17) is 4.42 Å². The maximum absolute atomic E-state index is 14.2. The molecule has 1 N–H and O–H groups in total. The van der Waals surface area contributed by atoms with Crippen LogP contribution in [0.25, 0.3) is 22.2 Å². The van der Waals surface area contributed by atoms with Crippen molar-refractivity contribution in [1.29, 1.82) is 0 Å². The molecule has 7 heteroatoms. The lowest BCUT2D eigenvalue weighted by molar-refractivity contribution is 0.102. The van der Waals surface area contributed by atoms with Crippen molar-refractivity contribution >= 4 is 22.4 Å². The van der Waals surface area contributed by atoms with E-state index in [0.29, 0.717) is 16.3 Å². The van der Waals surface area contributed by atoms with Crippen LogP contribution in [-0.4, -0.2) is 16.1 Å². The lowest BCUT2D eigenvalue weighted by Crippen LogP contribution is -2.13. The van der Waals surface area contributed by atoms with E-state index >= 15 is 0 Å². The number of nitrogens with one attached hydrogen (secondary N) is 1. The Kier molecular flexibility index (Phi) is 3.89. The summed E-state index contributed by atoms with van der Waals surface area (Å²) in [6.07, 6.45) is 1.10. The summed E-state index contributed by atoms with van der Waals surface area (Å²) in [5, 5.41) is 10.6. The van der Waals surface area contributed by atoms with E-state index in [1.165, 1.54) is 24.3 Å². The highest BCUT2D eigenvalue weighted by atomic mass is 19.1. The number of amides is 1. The Bertz CT molecular complexity index is 1110. The molecule has 1 amide bonds. The zero-order chi connectivity index (χ0) is 18.1. The number of hydrogen-bond acceptors (Lipinski definition) is 4. The van der Waals surface area contributed by atoms with Gasteiger partial charge < -0.3 is 9.73 Å². The fourth-order valence-corrected chi connectivity index (χ4v) is 2.72. The van der Waals surface area contributed by atoms with Crippen LogP contribution < -0.4 is 5.32 Å². The van der Waals surface area contributed by atoms with Crippen molar-refractivity contribution in [3.8, 4) is 11.5 Å². The topological polar surface area (TPSA) is 68.0 Å². The number of nitrogens with zero attached hydrogens (tertiary/aromatic N) is 2. The van der Waals surface area contributed by atoms with Gasteiger partial charge in [-0.1, -0.05) is 24.3 Å². The monoisotopic (exact) mass is 351 g/mol. The van der Waals surface area contributed by atoms with Gasteiger partial charge in [-0.05, 0) is 35.7 Å². The first kappa shape index (κ1) is 15.9. The number of carbonyl (C=O) groups is 1. The van der Waals surface area contributed by atoms with Gasteiger partial charge in [-0.3, -0.25) is 4.79 Å². The molecular formula is C19H11F2N3O2. The Labute approximate surface area is 146 Å². The van der Waals surface area contributed by atoms with E-state index in [0.717, 1.165) is 12.5 Å². The second-order valence-corrected chi connectivity index (χ2v) is 5.53. The van der Waals surface area contributed by atoms with Crippen molar-refractivity contribution in [2.75, 3.05) is 5.32 Å². The third-order valence-electron chi connectivity index (χ3n) is 3.93. The van der Waals surface area contributed by atoms with Gasteiger partial charge in [0.1, 0.15) is 11.6 Å². The molecule has 0 aliphatic carbocycles. The van der Waals surface area contributed by atoms with Gasteiger partial charge in [-0.25, -0.2) is 8.78 Å².